The van der Waals surface area contributed by atoms with E-state index in [2.05, 4.69) is 15.9 Å². The van der Waals surface area contributed by atoms with Crippen molar-refractivity contribution in [2.24, 2.45) is 0 Å². The molecule has 0 saturated carbocycles. The number of ether oxygens (including phenoxy) is 1. The van der Waals surface area contributed by atoms with Gasteiger partial charge in [-0.25, -0.2) is 4.79 Å². The van der Waals surface area contributed by atoms with Crippen molar-refractivity contribution in [2.75, 3.05) is 5.73 Å². The van der Waals surface area contributed by atoms with Crippen LogP contribution < -0.4 is 5.73 Å². The first-order chi connectivity index (χ1) is 9.90. The van der Waals surface area contributed by atoms with Crippen LogP contribution in [0.4, 0.5) is 5.69 Å². The van der Waals surface area contributed by atoms with Gasteiger partial charge in [-0.2, -0.15) is 0 Å². The lowest BCUT2D eigenvalue weighted by Gasteiger charge is -2.11. The van der Waals surface area contributed by atoms with E-state index in [0.717, 1.165) is 0 Å². The summed E-state index contributed by atoms with van der Waals surface area (Å²) >= 11 is 15.4. The zero-order valence-electron chi connectivity index (χ0n) is 11.1. The number of nitrogens with two attached hydrogens (primary N) is 1. The Morgan fingerprint density at radius 1 is 1.29 bits per heavy atom. The predicted octanol–water partition coefficient (Wildman–Crippen LogP) is 5.00. The molecule has 0 atom stereocenters. The Morgan fingerprint density at radius 2 is 1.90 bits per heavy atom. The molecule has 0 aliphatic carbocycles. The van der Waals surface area contributed by atoms with Gasteiger partial charge in [-0.1, -0.05) is 45.2 Å². The Balaban J connectivity index is 2.20. The van der Waals surface area contributed by atoms with E-state index in [-0.39, 0.29) is 6.61 Å². The summed E-state index contributed by atoms with van der Waals surface area (Å²) in [5.74, 6) is -0.475. The number of hydrogen-bond donors (Lipinski definition) is 1. The van der Waals surface area contributed by atoms with Crippen LogP contribution >= 0.6 is 39.1 Å². The van der Waals surface area contributed by atoms with Crippen molar-refractivity contribution >= 4 is 50.8 Å². The van der Waals surface area contributed by atoms with Crippen LogP contribution in [0, 0.1) is 6.92 Å². The molecule has 2 aromatic carbocycles. The molecule has 0 aliphatic heterocycles. The van der Waals surface area contributed by atoms with Crippen LogP contribution in [0.5, 0.6) is 0 Å². The Hall–Kier alpha value is -1.23. The minimum atomic E-state index is -0.475. The number of carbonyl (C=O) groups is 1. The molecule has 0 aromatic heterocycles. The number of nitrogen functional groups attached to an aromatic ring is 1. The van der Waals surface area contributed by atoms with Gasteiger partial charge in [0.05, 0.1) is 5.56 Å². The summed E-state index contributed by atoms with van der Waals surface area (Å²) in [4.78, 5) is 12.2. The highest BCUT2D eigenvalue weighted by Gasteiger charge is 2.15. The van der Waals surface area contributed by atoms with Crippen LogP contribution in [0.15, 0.2) is 34.8 Å². The molecule has 2 aromatic rings. The number of hydrogen-bond acceptors (Lipinski definition) is 3. The monoisotopic (exact) mass is 387 g/mol. The van der Waals surface area contributed by atoms with E-state index in [1.807, 2.05) is 0 Å². The second-order valence-electron chi connectivity index (χ2n) is 4.44. The average molecular weight is 389 g/mol. The zero-order valence-corrected chi connectivity index (χ0v) is 14.2. The maximum Gasteiger partial charge on any atom is 0.338 e. The number of halogens is 3. The zero-order chi connectivity index (χ0) is 15.6. The highest BCUT2D eigenvalue weighted by molar-refractivity contribution is 9.10. The second kappa shape index (κ2) is 6.69. The quantitative estimate of drug-likeness (QED) is 0.594. The summed E-state index contributed by atoms with van der Waals surface area (Å²) in [5, 5.41) is 0.918. The third-order valence-electron chi connectivity index (χ3n) is 3.04. The molecule has 6 heteroatoms. The molecule has 0 unspecified atom stereocenters. The minimum absolute atomic E-state index is 0.00317. The first-order valence-corrected chi connectivity index (χ1v) is 7.60. The Labute approximate surface area is 141 Å². The highest BCUT2D eigenvalue weighted by atomic mass is 79.9. The SMILES string of the molecule is Cc1c(N)cc(Br)cc1C(=O)OCc1c(Cl)cccc1Cl. The number of carbonyl (C=O) groups excluding carboxylic acids is 1. The van der Waals surface area contributed by atoms with Gasteiger partial charge >= 0.3 is 5.97 Å². The van der Waals surface area contributed by atoms with E-state index in [9.17, 15) is 4.79 Å². The van der Waals surface area contributed by atoms with Crippen LogP contribution in [0.3, 0.4) is 0 Å². The van der Waals surface area contributed by atoms with Crippen molar-refractivity contribution in [1.82, 2.24) is 0 Å². The second-order valence-corrected chi connectivity index (χ2v) is 6.17. The largest absolute Gasteiger partial charge is 0.457 e. The van der Waals surface area contributed by atoms with Gasteiger partial charge in [-0.15, -0.1) is 0 Å². The summed E-state index contributed by atoms with van der Waals surface area (Å²) in [7, 11) is 0. The number of rotatable bonds is 3. The summed E-state index contributed by atoms with van der Waals surface area (Å²) in [5.41, 5.74) is 8.02. The van der Waals surface area contributed by atoms with Crippen LogP contribution in [0.2, 0.25) is 10.0 Å². The van der Waals surface area contributed by atoms with E-state index in [0.29, 0.717) is 36.9 Å². The molecular formula is C15H12BrCl2NO2. The molecule has 0 amide bonds. The maximum atomic E-state index is 12.2. The molecule has 110 valence electrons. The average Bonchev–Trinajstić information content (AvgIpc) is 2.42. The van der Waals surface area contributed by atoms with E-state index in [4.69, 9.17) is 33.7 Å². The molecule has 0 heterocycles. The molecule has 0 aliphatic rings. The molecule has 0 spiro atoms. The summed E-state index contributed by atoms with van der Waals surface area (Å²) in [6, 6.07) is 8.52. The first kappa shape index (κ1) is 16.1. The van der Waals surface area contributed by atoms with Crippen LogP contribution in [-0.4, -0.2) is 5.97 Å². The third-order valence-corrected chi connectivity index (χ3v) is 4.21. The molecule has 21 heavy (non-hydrogen) atoms. The normalized spacial score (nSPS) is 10.5. The Morgan fingerprint density at radius 3 is 2.52 bits per heavy atom. The number of benzene rings is 2. The molecule has 2 N–H and O–H groups in total. The van der Waals surface area contributed by atoms with E-state index in [1.54, 1.807) is 37.3 Å². The Kier molecular flexibility index (Phi) is 5.14. The number of esters is 1. The van der Waals surface area contributed by atoms with Gasteiger partial charge in [0.2, 0.25) is 0 Å². The molecule has 0 fully saturated rings. The molecule has 3 nitrogen and oxygen atoms in total. The van der Waals surface area contributed by atoms with Gasteiger partial charge in [-0.05, 0) is 36.8 Å². The van der Waals surface area contributed by atoms with Crippen LogP contribution in [-0.2, 0) is 11.3 Å². The lowest BCUT2D eigenvalue weighted by Crippen LogP contribution is -2.09. The van der Waals surface area contributed by atoms with Gasteiger partial charge in [0, 0.05) is 25.8 Å². The molecule has 0 radical (unpaired) electrons. The molecule has 0 bridgehead atoms. The van der Waals surface area contributed by atoms with E-state index < -0.39 is 5.97 Å². The van der Waals surface area contributed by atoms with Gasteiger partial charge in [-0.3, -0.25) is 0 Å². The summed E-state index contributed by atoms with van der Waals surface area (Å²) < 4.78 is 6.00. The topological polar surface area (TPSA) is 52.3 Å². The standard InChI is InChI=1S/C15H12BrCl2NO2/c1-8-10(5-9(16)6-14(8)19)15(20)21-7-11-12(17)3-2-4-13(11)18/h2-6H,7,19H2,1H3. The van der Waals surface area contributed by atoms with E-state index >= 15 is 0 Å². The number of anilines is 1. The van der Waals surface area contributed by atoms with Gasteiger partial charge in [0.25, 0.3) is 0 Å². The molecular weight excluding hydrogens is 377 g/mol. The predicted molar refractivity (Wildman–Crippen MR) is 88.9 cm³/mol. The fourth-order valence-electron chi connectivity index (χ4n) is 1.80. The highest BCUT2D eigenvalue weighted by Crippen LogP contribution is 2.27. The van der Waals surface area contributed by atoms with Gasteiger partial charge < -0.3 is 10.5 Å². The van der Waals surface area contributed by atoms with Crippen LogP contribution in [0.1, 0.15) is 21.5 Å². The van der Waals surface area contributed by atoms with Gasteiger partial charge in [0.1, 0.15) is 6.61 Å². The maximum absolute atomic E-state index is 12.2. The lowest BCUT2D eigenvalue weighted by molar-refractivity contribution is 0.0472. The molecule has 2 rings (SSSR count). The van der Waals surface area contributed by atoms with Crippen molar-refractivity contribution in [1.29, 1.82) is 0 Å². The third kappa shape index (κ3) is 3.70. The fraction of sp³-hybridized carbons (Fsp3) is 0.133. The summed E-state index contributed by atoms with van der Waals surface area (Å²) in [6.45, 7) is 1.77. The van der Waals surface area contributed by atoms with Gasteiger partial charge in [0.15, 0.2) is 0 Å². The Bertz CT molecular complexity index is 684. The van der Waals surface area contributed by atoms with Crippen molar-refractivity contribution in [3.63, 3.8) is 0 Å². The fourth-order valence-corrected chi connectivity index (χ4v) is 2.78. The lowest BCUT2D eigenvalue weighted by atomic mass is 10.1. The minimum Gasteiger partial charge on any atom is -0.457 e. The van der Waals surface area contributed by atoms with Crippen LogP contribution in [0.25, 0.3) is 0 Å². The van der Waals surface area contributed by atoms with Crippen molar-refractivity contribution in [2.45, 2.75) is 13.5 Å². The molecule has 0 saturated heterocycles. The summed E-state index contributed by atoms with van der Waals surface area (Å²) in [6.07, 6.45) is 0. The van der Waals surface area contributed by atoms with E-state index in [1.165, 1.54) is 0 Å². The van der Waals surface area contributed by atoms with Crippen molar-refractivity contribution in [3.8, 4) is 0 Å². The van der Waals surface area contributed by atoms with Crippen molar-refractivity contribution < 1.29 is 9.53 Å². The van der Waals surface area contributed by atoms with Crippen molar-refractivity contribution in [3.05, 3.63) is 61.5 Å². The smallest absolute Gasteiger partial charge is 0.338 e. The first-order valence-electron chi connectivity index (χ1n) is 6.05.